The maximum atomic E-state index is 12.7. The fourth-order valence-electron chi connectivity index (χ4n) is 4.00. The summed E-state index contributed by atoms with van der Waals surface area (Å²) in [5, 5.41) is 10.6. The second-order valence-corrected chi connectivity index (χ2v) is 9.47. The van der Waals surface area contributed by atoms with Crippen LogP contribution < -0.4 is 16.0 Å². The summed E-state index contributed by atoms with van der Waals surface area (Å²) in [4.78, 5) is 29.0. The Morgan fingerprint density at radius 2 is 2.06 bits per heavy atom. The topological polar surface area (TPSA) is 95.1 Å². The van der Waals surface area contributed by atoms with Crippen LogP contribution in [-0.4, -0.2) is 51.4 Å². The number of aromatic nitrogens is 3. The number of carbonyl (C=O) groups excluding carboxylic acids is 1. The van der Waals surface area contributed by atoms with E-state index < -0.39 is 0 Å². The van der Waals surface area contributed by atoms with Crippen LogP contribution in [0.25, 0.3) is 0 Å². The first-order valence-corrected chi connectivity index (χ1v) is 12.2. The second-order valence-electron chi connectivity index (χ2n) is 8.03. The van der Waals surface area contributed by atoms with Crippen molar-refractivity contribution < 1.29 is 4.79 Å². The first-order valence-electron chi connectivity index (χ1n) is 11.1. The molecule has 34 heavy (non-hydrogen) atoms. The van der Waals surface area contributed by atoms with E-state index in [1.165, 1.54) is 24.2 Å². The first-order chi connectivity index (χ1) is 15.9. The van der Waals surface area contributed by atoms with Gasteiger partial charge in [0.1, 0.15) is 22.3 Å². The number of carbonyl (C=O) groups is 1. The Labute approximate surface area is 210 Å². The molecule has 3 aromatic rings. The van der Waals surface area contributed by atoms with Crippen LogP contribution >= 0.6 is 22.9 Å². The summed E-state index contributed by atoms with van der Waals surface area (Å²) in [5.41, 5.74) is 1.51. The van der Waals surface area contributed by atoms with E-state index >= 15 is 0 Å². The number of anilines is 4. The average Bonchev–Trinajstić information content (AvgIpc) is 3.43. The summed E-state index contributed by atoms with van der Waals surface area (Å²) in [5.74, 6) is 1.81. The van der Waals surface area contributed by atoms with Crippen LogP contribution in [0.4, 0.5) is 22.5 Å². The second kappa shape index (κ2) is 11.6. The third-order valence-electron chi connectivity index (χ3n) is 5.69. The van der Waals surface area contributed by atoms with E-state index in [9.17, 15) is 4.79 Å². The van der Waals surface area contributed by atoms with Gasteiger partial charge in [0, 0.05) is 18.7 Å². The van der Waals surface area contributed by atoms with Crippen LogP contribution in [-0.2, 0) is 0 Å². The molecule has 3 heterocycles. The van der Waals surface area contributed by atoms with Gasteiger partial charge in [-0.05, 0) is 51.4 Å². The molecule has 1 atom stereocenters. The molecule has 0 aliphatic carbocycles. The van der Waals surface area contributed by atoms with Crippen molar-refractivity contribution in [3.05, 3.63) is 51.7 Å². The summed E-state index contributed by atoms with van der Waals surface area (Å²) in [6.07, 6.45) is 3.99. The minimum atomic E-state index is -0.255. The van der Waals surface area contributed by atoms with Crippen molar-refractivity contribution in [1.29, 1.82) is 0 Å². The summed E-state index contributed by atoms with van der Waals surface area (Å²) < 4.78 is 0. The van der Waals surface area contributed by atoms with Gasteiger partial charge in [-0.2, -0.15) is 0 Å². The maximum Gasteiger partial charge on any atom is 0.267 e. The number of amides is 1. The van der Waals surface area contributed by atoms with Crippen molar-refractivity contribution in [3.63, 3.8) is 0 Å². The minimum Gasteiger partial charge on any atom is -0.368 e. The van der Waals surface area contributed by atoms with Crippen LogP contribution in [0.1, 0.15) is 48.3 Å². The summed E-state index contributed by atoms with van der Waals surface area (Å²) in [6.45, 7) is 9.04. The van der Waals surface area contributed by atoms with Crippen LogP contribution in [0.15, 0.2) is 30.5 Å². The molecule has 3 N–H and O–H groups in total. The highest BCUT2D eigenvalue weighted by atomic mass is 35.5. The van der Waals surface area contributed by atoms with Crippen molar-refractivity contribution in [2.24, 2.45) is 0 Å². The van der Waals surface area contributed by atoms with Gasteiger partial charge in [0.15, 0.2) is 5.13 Å². The molecule has 10 heteroatoms. The van der Waals surface area contributed by atoms with Crippen LogP contribution in [0, 0.1) is 13.8 Å². The standard InChI is InChI=1S/C23H28ClN7OS.CH4/c1-4-31-10-6-8-16(31)12-25-19-11-20(28-15(3)27-19)29-23-26-13-18(33-23)22(32)30-21-14(2)7-5-9-17(21)24;/h5,7,9,11,13,16H,4,6,8,10,12H2,1-3H3,(H,30,32)(H2,25,26,27,28,29);1H4/t16-;/m0./s1. The number of benzene rings is 1. The van der Waals surface area contributed by atoms with Crippen LogP contribution in [0.5, 0.6) is 0 Å². The first kappa shape index (κ1) is 25.9. The number of para-hydroxylation sites is 1. The Balaban J connectivity index is 0.00000324. The number of rotatable bonds is 8. The van der Waals surface area contributed by atoms with Gasteiger partial charge >= 0.3 is 0 Å². The zero-order chi connectivity index (χ0) is 23.4. The zero-order valence-corrected chi connectivity index (χ0v) is 20.6. The Morgan fingerprint density at radius 1 is 1.26 bits per heavy atom. The SMILES string of the molecule is C.CCN1CCC[C@H]1CNc1cc(Nc2ncc(C(=O)Nc3c(C)cccc3Cl)s2)nc(C)n1. The Kier molecular flexibility index (Phi) is 8.82. The summed E-state index contributed by atoms with van der Waals surface area (Å²) in [7, 11) is 0. The molecule has 0 unspecified atom stereocenters. The van der Waals surface area contributed by atoms with Gasteiger partial charge in [-0.25, -0.2) is 15.0 Å². The molecular formula is C24H32ClN7OS. The largest absolute Gasteiger partial charge is 0.368 e. The third-order valence-corrected chi connectivity index (χ3v) is 6.91. The lowest BCUT2D eigenvalue weighted by molar-refractivity contribution is 0.103. The fraction of sp³-hybridized carbons (Fsp3) is 0.417. The molecule has 1 aliphatic rings. The predicted octanol–water partition coefficient (Wildman–Crippen LogP) is 5.73. The number of likely N-dealkylation sites (N-methyl/N-ethyl adjacent to an activating group) is 1. The molecular weight excluding hydrogens is 470 g/mol. The molecule has 2 aromatic heterocycles. The van der Waals surface area contributed by atoms with E-state index in [-0.39, 0.29) is 13.3 Å². The number of hydrogen-bond acceptors (Lipinski definition) is 8. The third kappa shape index (κ3) is 6.22. The maximum absolute atomic E-state index is 12.7. The van der Waals surface area contributed by atoms with E-state index in [0.717, 1.165) is 31.0 Å². The number of nitrogens with one attached hydrogen (secondary N) is 3. The lowest BCUT2D eigenvalue weighted by Crippen LogP contribution is -2.34. The summed E-state index contributed by atoms with van der Waals surface area (Å²) >= 11 is 7.48. The summed E-state index contributed by atoms with van der Waals surface area (Å²) in [6, 6.07) is 7.90. The highest BCUT2D eigenvalue weighted by Crippen LogP contribution is 2.28. The molecule has 1 saturated heterocycles. The molecule has 0 bridgehead atoms. The van der Waals surface area contributed by atoms with Gasteiger partial charge < -0.3 is 16.0 Å². The lowest BCUT2D eigenvalue weighted by Gasteiger charge is -2.23. The number of likely N-dealkylation sites (tertiary alicyclic amines) is 1. The smallest absolute Gasteiger partial charge is 0.267 e. The monoisotopic (exact) mass is 501 g/mol. The number of hydrogen-bond donors (Lipinski definition) is 3. The van der Waals surface area contributed by atoms with E-state index in [0.29, 0.717) is 38.4 Å². The highest BCUT2D eigenvalue weighted by Gasteiger charge is 2.22. The van der Waals surface area contributed by atoms with Crippen molar-refractivity contribution in [2.45, 2.75) is 47.1 Å². The molecule has 1 aliphatic heterocycles. The molecule has 0 radical (unpaired) electrons. The van der Waals surface area contributed by atoms with Crippen molar-refractivity contribution in [3.8, 4) is 0 Å². The lowest BCUT2D eigenvalue weighted by atomic mass is 10.2. The molecule has 1 aromatic carbocycles. The average molecular weight is 502 g/mol. The molecule has 1 amide bonds. The van der Waals surface area contributed by atoms with Gasteiger partial charge in [0.05, 0.1) is 16.9 Å². The van der Waals surface area contributed by atoms with Crippen molar-refractivity contribution in [1.82, 2.24) is 19.9 Å². The van der Waals surface area contributed by atoms with Gasteiger partial charge in [0.2, 0.25) is 0 Å². The van der Waals surface area contributed by atoms with E-state index in [2.05, 4.69) is 42.7 Å². The highest BCUT2D eigenvalue weighted by molar-refractivity contribution is 7.17. The van der Waals surface area contributed by atoms with E-state index in [1.54, 1.807) is 12.3 Å². The minimum absolute atomic E-state index is 0. The van der Waals surface area contributed by atoms with Gasteiger partial charge in [0.25, 0.3) is 5.91 Å². The van der Waals surface area contributed by atoms with Gasteiger partial charge in [-0.3, -0.25) is 9.69 Å². The Hall–Kier alpha value is -2.75. The Bertz CT molecular complexity index is 1120. The number of halogens is 1. The van der Waals surface area contributed by atoms with E-state index in [1.807, 2.05) is 32.0 Å². The zero-order valence-electron chi connectivity index (χ0n) is 19.0. The van der Waals surface area contributed by atoms with Crippen molar-refractivity contribution >= 4 is 51.3 Å². The van der Waals surface area contributed by atoms with Crippen molar-refractivity contribution in [2.75, 3.05) is 35.6 Å². The van der Waals surface area contributed by atoms with Gasteiger partial charge in [-0.1, -0.05) is 49.4 Å². The normalized spacial score (nSPS) is 15.6. The number of nitrogens with zero attached hydrogens (tertiary/aromatic N) is 4. The van der Waals surface area contributed by atoms with Gasteiger partial charge in [-0.15, -0.1) is 0 Å². The van der Waals surface area contributed by atoms with E-state index in [4.69, 9.17) is 11.6 Å². The molecule has 0 spiro atoms. The fourth-order valence-corrected chi connectivity index (χ4v) is 4.99. The Morgan fingerprint density at radius 3 is 2.82 bits per heavy atom. The molecule has 8 nitrogen and oxygen atoms in total. The molecule has 0 saturated carbocycles. The number of thiazole rings is 1. The predicted molar refractivity (Wildman–Crippen MR) is 142 cm³/mol. The molecule has 182 valence electrons. The van der Waals surface area contributed by atoms with Crippen LogP contribution in [0.2, 0.25) is 5.02 Å². The van der Waals surface area contributed by atoms with Crippen LogP contribution in [0.3, 0.4) is 0 Å². The molecule has 4 rings (SSSR count). The number of aryl methyl sites for hydroxylation is 2. The quantitative estimate of drug-likeness (QED) is 0.362. The molecule has 1 fully saturated rings.